The fraction of sp³-hybridized carbons (Fsp3) is 0.727. The molecular formula is C11H19F3N4. The van der Waals surface area contributed by atoms with Crippen LogP contribution in [0.4, 0.5) is 13.2 Å². The molecule has 0 amide bonds. The maximum atomic E-state index is 12.4. The number of alkyl halides is 3. The zero-order valence-electron chi connectivity index (χ0n) is 10.5. The molecule has 0 radical (unpaired) electrons. The second kappa shape index (κ2) is 6.75. The molecule has 18 heavy (non-hydrogen) atoms. The minimum atomic E-state index is -4.17. The lowest BCUT2D eigenvalue weighted by Crippen LogP contribution is -2.34. The maximum absolute atomic E-state index is 12.4. The Morgan fingerprint density at radius 3 is 2.72 bits per heavy atom. The Morgan fingerprint density at radius 1 is 1.44 bits per heavy atom. The number of aromatic nitrogens is 2. The van der Waals surface area contributed by atoms with Gasteiger partial charge in [-0.25, -0.2) is 4.98 Å². The van der Waals surface area contributed by atoms with Crippen LogP contribution in [0.1, 0.15) is 19.0 Å². The van der Waals surface area contributed by atoms with E-state index in [1.807, 2.05) is 6.92 Å². The highest BCUT2D eigenvalue weighted by Gasteiger charge is 2.30. The summed E-state index contributed by atoms with van der Waals surface area (Å²) in [6.45, 7) is 2.69. The smallest absolute Gasteiger partial charge is 0.336 e. The van der Waals surface area contributed by atoms with Crippen LogP contribution in [0, 0.1) is 0 Å². The summed E-state index contributed by atoms with van der Waals surface area (Å²) in [5.74, 6) is 0. The second-order valence-electron chi connectivity index (χ2n) is 4.22. The van der Waals surface area contributed by atoms with Crippen molar-refractivity contribution >= 4 is 0 Å². The average molecular weight is 264 g/mol. The van der Waals surface area contributed by atoms with E-state index < -0.39 is 12.7 Å². The van der Waals surface area contributed by atoms with Crippen molar-refractivity contribution in [3.63, 3.8) is 0 Å². The third kappa shape index (κ3) is 5.50. The molecule has 1 aromatic rings. The number of nitrogens with zero attached hydrogens (tertiary/aromatic N) is 3. The van der Waals surface area contributed by atoms with Crippen molar-refractivity contribution in [2.24, 2.45) is 5.73 Å². The number of halogens is 3. The first-order chi connectivity index (χ1) is 8.44. The predicted octanol–water partition coefficient (Wildman–Crippen LogP) is 1.62. The molecule has 0 fully saturated rings. The van der Waals surface area contributed by atoms with Gasteiger partial charge in [-0.15, -0.1) is 0 Å². The highest BCUT2D eigenvalue weighted by Crippen LogP contribution is 2.17. The highest BCUT2D eigenvalue weighted by molar-refractivity contribution is 4.96. The van der Waals surface area contributed by atoms with Crippen molar-refractivity contribution < 1.29 is 13.2 Å². The Morgan fingerprint density at radius 2 is 2.17 bits per heavy atom. The molecule has 0 saturated heterocycles. The summed E-state index contributed by atoms with van der Waals surface area (Å²) in [7, 11) is 0. The SMILES string of the molecule is CCCN(Cc1cn(CCN)cn1)CC(F)(F)F. The first-order valence-corrected chi connectivity index (χ1v) is 5.94. The van der Waals surface area contributed by atoms with Gasteiger partial charge in [-0.05, 0) is 13.0 Å². The molecule has 0 spiro atoms. The van der Waals surface area contributed by atoms with E-state index in [0.717, 1.165) is 0 Å². The van der Waals surface area contributed by atoms with E-state index in [-0.39, 0.29) is 6.54 Å². The molecule has 0 aromatic carbocycles. The van der Waals surface area contributed by atoms with E-state index in [4.69, 9.17) is 5.73 Å². The Labute approximate surface area is 105 Å². The van der Waals surface area contributed by atoms with E-state index in [9.17, 15) is 13.2 Å². The van der Waals surface area contributed by atoms with Gasteiger partial charge in [-0.3, -0.25) is 4.90 Å². The predicted molar refractivity (Wildman–Crippen MR) is 62.9 cm³/mol. The van der Waals surface area contributed by atoms with Crippen LogP contribution in [0.3, 0.4) is 0 Å². The van der Waals surface area contributed by atoms with E-state index >= 15 is 0 Å². The van der Waals surface area contributed by atoms with Gasteiger partial charge in [0.05, 0.1) is 18.6 Å². The van der Waals surface area contributed by atoms with Gasteiger partial charge in [-0.2, -0.15) is 13.2 Å². The molecule has 2 N–H and O–H groups in total. The Hall–Kier alpha value is -1.08. The number of rotatable bonds is 7. The van der Waals surface area contributed by atoms with E-state index in [2.05, 4.69) is 4.98 Å². The molecule has 104 valence electrons. The summed E-state index contributed by atoms with van der Waals surface area (Å²) in [6, 6.07) is 0. The molecule has 7 heteroatoms. The molecule has 4 nitrogen and oxygen atoms in total. The van der Waals surface area contributed by atoms with Gasteiger partial charge >= 0.3 is 6.18 Å². The standard InChI is InChI=1S/C11H19F3N4/c1-2-4-17(8-11(12,13)14)6-10-7-18(5-3-15)9-16-10/h7,9H,2-6,8,15H2,1H3. The minimum absolute atomic E-state index is 0.213. The lowest BCUT2D eigenvalue weighted by molar-refractivity contribution is -0.147. The van der Waals surface area contributed by atoms with Crippen LogP contribution in [0.25, 0.3) is 0 Å². The van der Waals surface area contributed by atoms with Crippen molar-refractivity contribution in [1.29, 1.82) is 0 Å². The molecule has 1 rings (SSSR count). The Balaban J connectivity index is 2.58. The number of hydrogen-bond donors (Lipinski definition) is 1. The monoisotopic (exact) mass is 264 g/mol. The van der Waals surface area contributed by atoms with Crippen LogP contribution >= 0.6 is 0 Å². The Kier molecular flexibility index (Phi) is 5.61. The quantitative estimate of drug-likeness (QED) is 0.814. The highest BCUT2D eigenvalue weighted by atomic mass is 19.4. The van der Waals surface area contributed by atoms with Crippen molar-refractivity contribution in [1.82, 2.24) is 14.5 Å². The first-order valence-electron chi connectivity index (χ1n) is 5.94. The fourth-order valence-corrected chi connectivity index (χ4v) is 1.77. The van der Waals surface area contributed by atoms with Crippen LogP contribution in [0.2, 0.25) is 0 Å². The molecule has 1 heterocycles. The molecule has 0 atom stereocenters. The fourth-order valence-electron chi connectivity index (χ4n) is 1.77. The lowest BCUT2D eigenvalue weighted by Gasteiger charge is -2.21. The van der Waals surface area contributed by atoms with Crippen LogP contribution in [-0.2, 0) is 13.1 Å². The second-order valence-corrected chi connectivity index (χ2v) is 4.22. The maximum Gasteiger partial charge on any atom is 0.401 e. The third-order valence-electron chi connectivity index (χ3n) is 2.40. The van der Waals surface area contributed by atoms with Gasteiger partial charge in [0.25, 0.3) is 0 Å². The molecular weight excluding hydrogens is 245 g/mol. The molecule has 1 aromatic heterocycles. The largest absolute Gasteiger partial charge is 0.401 e. The first kappa shape index (κ1) is 15.0. The summed E-state index contributed by atoms with van der Waals surface area (Å²) in [6.07, 6.45) is -0.152. The lowest BCUT2D eigenvalue weighted by atomic mass is 10.3. The van der Waals surface area contributed by atoms with Crippen LogP contribution in [0.15, 0.2) is 12.5 Å². The van der Waals surface area contributed by atoms with E-state index in [0.29, 0.717) is 31.7 Å². The van der Waals surface area contributed by atoms with Gasteiger partial charge in [0.1, 0.15) is 0 Å². The summed E-state index contributed by atoms with van der Waals surface area (Å²) in [5.41, 5.74) is 6.03. The van der Waals surface area contributed by atoms with Crippen LogP contribution in [-0.4, -0.2) is 40.3 Å². The van der Waals surface area contributed by atoms with Crippen molar-refractivity contribution in [2.45, 2.75) is 32.6 Å². The number of hydrogen-bond acceptors (Lipinski definition) is 3. The van der Waals surface area contributed by atoms with Gasteiger partial charge < -0.3 is 10.3 Å². The van der Waals surface area contributed by atoms with E-state index in [1.54, 1.807) is 17.1 Å². The van der Waals surface area contributed by atoms with Crippen LogP contribution < -0.4 is 5.73 Å². The average Bonchev–Trinajstić information content (AvgIpc) is 2.64. The van der Waals surface area contributed by atoms with Crippen molar-refractivity contribution in [3.8, 4) is 0 Å². The zero-order valence-corrected chi connectivity index (χ0v) is 10.5. The Bertz CT molecular complexity index is 348. The molecule has 0 unspecified atom stereocenters. The summed E-state index contributed by atoms with van der Waals surface area (Å²) in [5, 5.41) is 0. The van der Waals surface area contributed by atoms with Gasteiger partial charge in [0, 0.05) is 25.8 Å². The normalized spacial score (nSPS) is 12.3. The molecule has 0 bridgehead atoms. The summed E-state index contributed by atoms with van der Waals surface area (Å²) in [4.78, 5) is 5.44. The molecule has 0 aliphatic rings. The van der Waals surface area contributed by atoms with Crippen LogP contribution in [0.5, 0.6) is 0 Å². The minimum Gasteiger partial charge on any atom is -0.336 e. The van der Waals surface area contributed by atoms with Crippen molar-refractivity contribution in [2.75, 3.05) is 19.6 Å². The van der Waals surface area contributed by atoms with Gasteiger partial charge in [0.15, 0.2) is 0 Å². The number of imidazole rings is 1. The van der Waals surface area contributed by atoms with E-state index in [1.165, 1.54) is 4.90 Å². The van der Waals surface area contributed by atoms with Gasteiger partial charge in [0.2, 0.25) is 0 Å². The topological polar surface area (TPSA) is 47.1 Å². The molecule has 0 aliphatic heterocycles. The molecule has 0 aliphatic carbocycles. The van der Waals surface area contributed by atoms with Gasteiger partial charge in [-0.1, -0.05) is 6.92 Å². The summed E-state index contributed by atoms with van der Waals surface area (Å²) < 4.78 is 38.9. The van der Waals surface area contributed by atoms with Crippen molar-refractivity contribution in [3.05, 3.63) is 18.2 Å². The summed E-state index contributed by atoms with van der Waals surface area (Å²) >= 11 is 0. The zero-order chi connectivity index (χ0) is 13.6. The number of nitrogens with two attached hydrogens (primary N) is 1. The molecule has 0 saturated carbocycles. The third-order valence-corrected chi connectivity index (χ3v) is 2.40.